The maximum Gasteiger partial charge on any atom is 0.410 e. The molecule has 328 valence electrons. The summed E-state index contributed by atoms with van der Waals surface area (Å²) in [6.45, 7) is 17.8. The van der Waals surface area contributed by atoms with Crippen molar-refractivity contribution in [3.05, 3.63) is 95.7 Å². The summed E-state index contributed by atoms with van der Waals surface area (Å²) in [4.78, 5) is 37.5. The van der Waals surface area contributed by atoms with Gasteiger partial charge < -0.3 is 24.4 Å². The lowest BCUT2D eigenvalue weighted by molar-refractivity contribution is -0.0120. The molecule has 3 aromatic heterocycles. The maximum atomic E-state index is 12.7. The predicted octanol–water partition coefficient (Wildman–Crippen LogP) is 9.08. The minimum atomic E-state index is -0.524. The fraction of sp³-hybridized carbons (Fsp3) is 0.500. The molecular weight excluding hydrogens is 791 g/mol. The van der Waals surface area contributed by atoms with Crippen LogP contribution in [0.5, 0.6) is 11.8 Å². The van der Waals surface area contributed by atoms with Crippen LogP contribution in [-0.4, -0.2) is 90.8 Å². The Hall–Kier alpha value is -5.69. The van der Waals surface area contributed by atoms with Gasteiger partial charge in [0.25, 0.3) is 0 Å². The SMILES string of the molecule is C=C(C)c1ccc2c(c1)C(c1cncc(O[C@H]3CN(C(=O)OC(C)(C)C)CCC34CC4)n1)=NC2.CC(c1ccc2[nH]nc(-c3cncc(O[C@H]4CNCCC45CC5)n3)c2c1)C1CC1. The van der Waals surface area contributed by atoms with Gasteiger partial charge in [-0.3, -0.25) is 20.1 Å². The zero-order valence-electron chi connectivity index (χ0n) is 37.2. The second kappa shape index (κ2) is 16.1. The summed E-state index contributed by atoms with van der Waals surface area (Å²) in [5, 5.41) is 12.3. The number of hydrogen-bond donors (Lipinski definition) is 2. The zero-order chi connectivity index (χ0) is 43.5. The van der Waals surface area contributed by atoms with Crippen LogP contribution >= 0.6 is 0 Å². The number of aromatic amines is 1. The van der Waals surface area contributed by atoms with Gasteiger partial charge in [0.15, 0.2) is 0 Å². The number of carbonyl (C=O) groups is 1. The zero-order valence-corrected chi connectivity index (χ0v) is 37.2. The van der Waals surface area contributed by atoms with Gasteiger partial charge in [0.05, 0.1) is 49.1 Å². The first kappa shape index (κ1) is 41.3. The molecule has 5 fully saturated rings. The summed E-state index contributed by atoms with van der Waals surface area (Å²) in [6.07, 6.45) is 16.2. The normalized spacial score (nSPS) is 22.1. The van der Waals surface area contributed by atoms with E-state index in [0.29, 0.717) is 48.4 Å². The molecule has 2 spiro atoms. The van der Waals surface area contributed by atoms with E-state index >= 15 is 0 Å². The molecule has 2 aromatic carbocycles. The van der Waals surface area contributed by atoms with Crippen molar-refractivity contribution in [3.63, 3.8) is 0 Å². The minimum absolute atomic E-state index is 0.115. The van der Waals surface area contributed by atoms with Gasteiger partial charge in [0, 0.05) is 34.9 Å². The summed E-state index contributed by atoms with van der Waals surface area (Å²) in [5.74, 6) is 2.49. The monoisotopic (exact) mass is 849 g/mol. The number of nitrogens with one attached hydrogen (secondary N) is 2. The van der Waals surface area contributed by atoms with Crippen molar-refractivity contribution >= 4 is 28.3 Å². The quantitative estimate of drug-likeness (QED) is 0.147. The van der Waals surface area contributed by atoms with Gasteiger partial charge in [-0.2, -0.15) is 5.10 Å². The van der Waals surface area contributed by atoms with Crippen LogP contribution < -0.4 is 14.8 Å². The van der Waals surface area contributed by atoms with E-state index in [-0.39, 0.29) is 23.7 Å². The van der Waals surface area contributed by atoms with E-state index in [1.54, 1.807) is 29.7 Å². The van der Waals surface area contributed by atoms with Crippen LogP contribution in [0, 0.1) is 16.7 Å². The first-order valence-electron chi connectivity index (χ1n) is 22.8. The van der Waals surface area contributed by atoms with E-state index < -0.39 is 5.60 Å². The second-order valence-corrected chi connectivity index (χ2v) is 19.9. The third kappa shape index (κ3) is 8.68. The maximum absolute atomic E-state index is 12.7. The molecule has 1 unspecified atom stereocenters. The van der Waals surface area contributed by atoms with Crippen LogP contribution in [0.4, 0.5) is 4.79 Å². The number of rotatable bonds is 9. The molecule has 3 saturated carbocycles. The molecule has 63 heavy (non-hydrogen) atoms. The highest BCUT2D eigenvalue weighted by atomic mass is 16.6. The van der Waals surface area contributed by atoms with Crippen molar-refractivity contribution in [2.24, 2.45) is 21.7 Å². The molecule has 3 aliphatic carbocycles. The highest BCUT2D eigenvalue weighted by Crippen LogP contribution is 2.55. The van der Waals surface area contributed by atoms with Gasteiger partial charge in [0.1, 0.15) is 34.9 Å². The number of allylic oxidation sites excluding steroid dienone is 1. The first-order chi connectivity index (χ1) is 30.4. The average Bonchev–Trinajstić information content (AvgIpc) is 4.24. The van der Waals surface area contributed by atoms with Crippen molar-refractivity contribution in [3.8, 4) is 23.1 Å². The summed E-state index contributed by atoms with van der Waals surface area (Å²) in [5.41, 5.74) is 9.85. The minimum Gasteiger partial charge on any atom is -0.471 e. The van der Waals surface area contributed by atoms with Crippen molar-refractivity contribution in [1.29, 1.82) is 0 Å². The number of H-pyrrole nitrogens is 1. The number of amides is 1. The lowest BCUT2D eigenvalue weighted by Gasteiger charge is -2.39. The van der Waals surface area contributed by atoms with Crippen molar-refractivity contribution in [2.45, 2.75) is 116 Å². The summed E-state index contributed by atoms with van der Waals surface area (Å²) < 4.78 is 18.3. The number of piperidine rings is 2. The summed E-state index contributed by atoms with van der Waals surface area (Å²) >= 11 is 0. The van der Waals surface area contributed by atoms with Crippen LogP contribution in [0.3, 0.4) is 0 Å². The van der Waals surface area contributed by atoms with Crippen molar-refractivity contribution < 1.29 is 19.0 Å². The van der Waals surface area contributed by atoms with Crippen LogP contribution in [0.2, 0.25) is 0 Å². The Labute approximate surface area is 369 Å². The Balaban J connectivity index is 0.000000151. The fourth-order valence-corrected chi connectivity index (χ4v) is 9.61. The number of nitrogens with zero attached hydrogens (tertiary/aromatic N) is 7. The van der Waals surface area contributed by atoms with Gasteiger partial charge in [-0.15, -0.1) is 0 Å². The molecule has 0 bridgehead atoms. The smallest absolute Gasteiger partial charge is 0.410 e. The number of fused-ring (bicyclic) bond motifs is 2. The van der Waals surface area contributed by atoms with Crippen LogP contribution in [0.1, 0.15) is 120 Å². The summed E-state index contributed by atoms with van der Waals surface area (Å²) in [7, 11) is 0. The molecule has 5 aromatic rings. The molecule has 3 aliphatic heterocycles. The Bertz CT molecular complexity index is 2580. The van der Waals surface area contributed by atoms with E-state index in [1.165, 1.54) is 43.2 Å². The third-order valence-corrected chi connectivity index (χ3v) is 14.1. The van der Waals surface area contributed by atoms with Gasteiger partial charge in [0.2, 0.25) is 11.8 Å². The van der Waals surface area contributed by atoms with Crippen LogP contribution in [-0.2, 0) is 11.3 Å². The number of benzene rings is 2. The molecular formula is C50H59N9O4. The van der Waals surface area contributed by atoms with E-state index in [4.69, 9.17) is 29.2 Å². The van der Waals surface area contributed by atoms with Crippen LogP contribution in [0.15, 0.2) is 72.8 Å². The molecule has 0 radical (unpaired) electrons. The molecule has 13 nitrogen and oxygen atoms in total. The Kier molecular flexibility index (Phi) is 10.6. The molecule has 6 aliphatic rings. The average molecular weight is 850 g/mol. The Morgan fingerprint density at radius 2 is 1.60 bits per heavy atom. The molecule has 3 atom stereocenters. The van der Waals surface area contributed by atoms with E-state index in [2.05, 4.69) is 75.4 Å². The van der Waals surface area contributed by atoms with Crippen molar-refractivity contribution in [2.75, 3.05) is 26.2 Å². The molecule has 2 saturated heterocycles. The van der Waals surface area contributed by atoms with E-state index in [9.17, 15) is 4.79 Å². The van der Waals surface area contributed by atoms with Crippen molar-refractivity contribution in [1.82, 2.24) is 40.3 Å². The number of aromatic nitrogens is 6. The predicted molar refractivity (Wildman–Crippen MR) is 243 cm³/mol. The number of likely N-dealkylation sites (tertiary alicyclic amines) is 1. The highest BCUT2D eigenvalue weighted by Gasteiger charge is 2.55. The van der Waals surface area contributed by atoms with E-state index in [1.807, 2.05) is 27.7 Å². The third-order valence-electron chi connectivity index (χ3n) is 14.1. The summed E-state index contributed by atoms with van der Waals surface area (Å²) in [6, 6.07) is 12.9. The van der Waals surface area contributed by atoms with Gasteiger partial charge in [-0.05, 0) is 132 Å². The molecule has 11 rings (SSSR count). The van der Waals surface area contributed by atoms with Gasteiger partial charge >= 0.3 is 6.09 Å². The standard InChI is InChI=1S/C27H32N4O3.C23H27N5O/c1-17(2)18-6-7-19-13-29-24(20(19)12-18)21-14-28-15-23(30-21)33-22-16-31(11-10-27(22)8-9-27)25(32)34-26(3,4)5;1-14(15-2-3-15)16-4-5-18-17(10-16)22(28-27-18)19-11-25-13-21(26-19)29-20-12-24-9-8-23(20)6-7-23/h6-7,12,14-15,22H,1,8-11,13,16H2,2-5H3;4-5,10-11,13-15,20,24H,2-3,6-9,12H2,1H3,(H,27,28)/t22-;14?,20-/m00/s1. The number of hydrogen-bond acceptors (Lipinski definition) is 11. The number of aliphatic imine (C=N–C) groups is 1. The molecule has 6 heterocycles. The largest absolute Gasteiger partial charge is 0.471 e. The van der Waals surface area contributed by atoms with Gasteiger partial charge in [-0.1, -0.05) is 37.3 Å². The Morgan fingerprint density at radius 3 is 2.32 bits per heavy atom. The lowest BCUT2D eigenvalue weighted by atomic mass is 9.90. The Morgan fingerprint density at radius 1 is 0.889 bits per heavy atom. The van der Waals surface area contributed by atoms with Gasteiger partial charge in [-0.25, -0.2) is 14.8 Å². The molecule has 1 amide bonds. The van der Waals surface area contributed by atoms with Crippen LogP contribution in [0.25, 0.3) is 27.9 Å². The lowest BCUT2D eigenvalue weighted by Crippen LogP contribution is -2.51. The molecule has 13 heteroatoms. The first-order valence-corrected chi connectivity index (χ1v) is 22.8. The topological polar surface area (TPSA) is 153 Å². The number of ether oxygens (including phenoxy) is 3. The number of carbonyl (C=O) groups excluding carboxylic acids is 1. The highest BCUT2D eigenvalue weighted by molar-refractivity contribution is 6.14. The van der Waals surface area contributed by atoms with E-state index in [0.717, 1.165) is 83.0 Å². The fourth-order valence-electron chi connectivity index (χ4n) is 9.61. The second-order valence-electron chi connectivity index (χ2n) is 19.9. The molecule has 2 N–H and O–H groups in total.